The fraction of sp³-hybridized carbons (Fsp3) is 0.615. The highest BCUT2D eigenvalue weighted by Crippen LogP contribution is 2.16. The molecule has 1 saturated heterocycles. The summed E-state index contributed by atoms with van der Waals surface area (Å²) in [6.45, 7) is 4.13. The molecular weight excluding hydrogens is 244 g/mol. The van der Waals surface area contributed by atoms with Crippen molar-refractivity contribution >= 4 is 11.8 Å². The first-order valence-corrected chi connectivity index (χ1v) is 6.62. The number of rotatable bonds is 4. The molecule has 1 aromatic rings. The summed E-state index contributed by atoms with van der Waals surface area (Å²) in [7, 11) is 1.83. The zero-order valence-electron chi connectivity index (χ0n) is 11.6. The predicted octanol–water partition coefficient (Wildman–Crippen LogP) is 0.436. The fourth-order valence-electron chi connectivity index (χ4n) is 2.31. The van der Waals surface area contributed by atoms with Crippen molar-refractivity contribution in [1.29, 1.82) is 0 Å². The quantitative estimate of drug-likeness (QED) is 0.858. The minimum absolute atomic E-state index is 0.0143. The van der Waals surface area contributed by atoms with Crippen LogP contribution in [0, 0.1) is 0 Å². The Morgan fingerprint density at radius 1 is 1.42 bits per heavy atom. The van der Waals surface area contributed by atoms with Crippen LogP contribution < -0.4 is 5.32 Å². The van der Waals surface area contributed by atoms with Crippen LogP contribution in [0.25, 0.3) is 0 Å². The lowest BCUT2D eigenvalue weighted by Gasteiger charge is -2.37. The second-order valence-electron chi connectivity index (χ2n) is 4.97. The van der Waals surface area contributed by atoms with Crippen molar-refractivity contribution in [2.45, 2.75) is 45.3 Å². The van der Waals surface area contributed by atoms with Gasteiger partial charge < -0.3 is 10.2 Å². The number of nitrogens with one attached hydrogen (secondary N) is 1. The summed E-state index contributed by atoms with van der Waals surface area (Å²) in [5.41, 5.74) is 0.799. The Morgan fingerprint density at radius 2 is 2.16 bits per heavy atom. The molecule has 1 aliphatic rings. The third-order valence-electron chi connectivity index (χ3n) is 3.42. The molecule has 0 saturated carbocycles. The van der Waals surface area contributed by atoms with Gasteiger partial charge in [-0.2, -0.15) is 5.10 Å². The molecule has 2 atom stereocenters. The number of hydrogen-bond donors (Lipinski definition) is 1. The van der Waals surface area contributed by atoms with E-state index in [0.29, 0.717) is 13.0 Å². The van der Waals surface area contributed by atoms with Crippen LogP contribution in [-0.2, 0) is 23.2 Å². The van der Waals surface area contributed by atoms with Crippen LogP contribution in [0.3, 0.4) is 0 Å². The van der Waals surface area contributed by atoms with Crippen LogP contribution >= 0.6 is 0 Å². The van der Waals surface area contributed by atoms with Crippen LogP contribution in [0.1, 0.15) is 32.4 Å². The summed E-state index contributed by atoms with van der Waals surface area (Å²) in [5.74, 6) is -0.103. The molecule has 0 bridgehead atoms. The van der Waals surface area contributed by atoms with Crippen LogP contribution in [0.5, 0.6) is 0 Å². The largest absolute Gasteiger partial charge is 0.343 e. The molecular formula is C13H20N4O2. The first kappa shape index (κ1) is 13.6. The molecule has 2 unspecified atom stereocenters. The van der Waals surface area contributed by atoms with Crippen molar-refractivity contribution in [2.75, 3.05) is 0 Å². The van der Waals surface area contributed by atoms with Crippen molar-refractivity contribution in [2.24, 2.45) is 7.05 Å². The molecule has 104 valence electrons. The van der Waals surface area contributed by atoms with E-state index in [1.165, 1.54) is 0 Å². The number of carbonyl (C=O) groups excluding carboxylic acids is 2. The summed E-state index contributed by atoms with van der Waals surface area (Å²) in [6.07, 6.45) is 3.37. The summed E-state index contributed by atoms with van der Waals surface area (Å²) < 4.78 is 1.69. The zero-order chi connectivity index (χ0) is 14.0. The van der Waals surface area contributed by atoms with E-state index in [2.05, 4.69) is 10.4 Å². The Kier molecular flexibility index (Phi) is 3.87. The smallest absolute Gasteiger partial charge is 0.246 e. The lowest BCUT2D eigenvalue weighted by Crippen LogP contribution is -2.61. The van der Waals surface area contributed by atoms with Crippen molar-refractivity contribution < 1.29 is 9.59 Å². The van der Waals surface area contributed by atoms with Gasteiger partial charge in [0.25, 0.3) is 0 Å². The Hall–Kier alpha value is -1.85. The maximum absolute atomic E-state index is 12.4. The van der Waals surface area contributed by atoms with Gasteiger partial charge in [0.15, 0.2) is 0 Å². The van der Waals surface area contributed by atoms with E-state index in [1.807, 2.05) is 26.2 Å². The maximum atomic E-state index is 12.4. The molecule has 1 fully saturated rings. The number of carbonyl (C=O) groups is 2. The maximum Gasteiger partial charge on any atom is 0.246 e. The molecule has 0 radical (unpaired) electrons. The Labute approximate surface area is 112 Å². The predicted molar refractivity (Wildman–Crippen MR) is 70.1 cm³/mol. The van der Waals surface area contributed by atoms with E-state index in [-0.39, 0.29) is 11.8 Å². The highest BCUT2D eigenvalue weighted by atomic mass is 16.2. The number of aromatic nitrogens is 2. The number of nitrogens with zero attached hydrogens (tertiary/aromatic N) is 3. The molecule has 2 amide bonds. The van der Waals surface area contributed by atoms with Gasteiger partial charge in [-0.15, -0.1) is 0 Å². The second-order valence-corrected chi connectivity index (χ2v) is 4.97. The summed E-state index contributed by atoms with van der Waals surface area (Å²) in [5, 5.41) is 7.04. The number of aryl methyl sites for hydroxylation is 1. The molecule has 1 aromatic heterocycles. The van der Waals surface area contributed by atoms with E-state index in [1.54, 1.807) is 16.5 Å². The van der Waals surface area contributed by atoms with E-state index in [0.717, 1.165) is 12.1 Å². The van der Waals surface area contributed by atoms with Crippen molar-refractivity contribution in [1.82, 2.24) is 20.0 Å². The SMILES string of the molecule is CCCC1NC(=O)C(C)N(Cc2ccn(C)n2)C1=O. The molecule has 19 heavy (non-hydrogen) atoms. The van der Waals surface area contributed by atoms with E-state index in [4.69, 9.17) is 0 Å². The highest BCUT2D eigenvalue weighted by Gasteiger charge is 2.37. The third kappa shape index (κ3) is 2.77. The van der Waals surface area contributed by atoms with Crippen LogP contribution in [-0.4, -0.2) is 38.6 Å². The lowest BCUT2D eigenvalue weighted by atomic mass is 10.0. The van der Waals surface area contributed by atoms with Gasteiger partial charge in [-0.25, -0.2) is 0 Å². The third-order valence-corrected chi connectivity index (χ3v) is 3.42. The zero-order valence-corrected chi connectivity index (χ0v) is 11.6. The van der Waals surface area contributed by atoms with Crippen molar-refractivity contribution in [3.8, 4) is 0 Å². The molecule has 1 N–H and O–H groups in total. The Morgan fingerprint density at radius 3 is 2.74 bits per heavy atom. The minimum atomic E-state index is -0.442. The van der Waals surface area contributed by atoms with Gasteiger partial charge in [0, 0.05) is 13.2 Å². The average molecular weight is 264 g/mol. The van der Waals surface area contributed by atoms with Crippen LogP contribution in [0.2, 0.25) is 0 Å². The number of amides is 2. The topological polar surface area (TPSA) is 67.2 Å². The van der Waals surface area contributed by atoms with Crippen LogP contribution in [0.4, 0.5) is 0 Å². The fourth-order valence-corrected chi connectivity index (χ4v) is 2.31. The number of hydrogen-bond acceptors (Lipinski definition) is 3. The lowest BCUT2D eigenvalue weighted by molar-refractivity contribution is -0.149. The highest BCUT2D eigenvalue weighted by molar-refractivity contribution is 5.96. The monoisotopic (exact) mass is 264 g/mol. The van der Waals surface area contributed by atoms with Crippen molar-refractivity contribution in [3.05, 3.63) is 18.0 Å². The van der Waals surface area contributed by atoms with Crippen LogP contribution in [0.15, 0.2) is 12.3 Å². The summed E-state index contributed by atoms with van der Waals surface area (Å²) in [4.78, 5) is 25.9. The standard InChI is InChI=1S/C13H20N4O2/c1-4-5-11-13(19)17(9(2)12(18)14-11)8-10-6-7-16(3)15-10/h6-7,9,11H,4-5,8H2,1-3H3,(H,14,18). The molecule has 6 nitrogen and oxygen atoms in total. The van der Waals surface area contributed by atoms with Gasteiger partial charge in [0.1, 0.15) is 12.1 Å². The van der Waals surface area contributed by atoms with E-state index >= 15 is 0 Å². The molecule has 2 heterocycles. The first-order valence-electron chi connectivity index (χ1n) is 6.62. The molecule has 6 heteroatoms. The summed E-state index contributed by atoms with van der Waals surface area (Å²) >= 11 is 0. The molecule has 2 rings (SSSR count). The van der Waals surface area contributed by atoms with Crippen molar-refractivity contribution in [3.63, 3.8) is 0 Å². The van der Waals surface area contributed by atoms with Gasteiger partial charge in [0.05, 0.1) is 12.2 Å². The normalized spacial score (nSPS) is 23.6. The number of piperazine rings is 1. The Bertz CT molecular complexity index is 483. The molecule has 1 aliphatic heterocycles. The minimum Gasteiger partial charge on any atom is -0.343 e. The van der Waals surface area contributed by atoms with Gasteiger partial charge in [-0.05, 0) is 19.4 Å². The Balaban J connectivity index is 2.15. The average Bonchev–Trinajstić information content (AvgIpc) is 2.77. The molecule has 0 aliphatic carbocycles. The molecule has 0 spiro atoms. The van der Waals surface area contributed by atoms with E-state index in [9.17, 15) is 9.59 Å². The van der Waals surface area contributed by atoms with Gasteiger partial charge in [0.2, 0.25) is 11.8 Å². The van der Waals surface area contributed by atoms with E-state index < -0.39 is 12.1 Å². The summed E-state index contributed by atoms with van der Waals surface area (Å²) in [6, 6.07) is 1.03. The molecule has 0 aromatic carbocycles. The first-order chi connectivity index (χ1) is 9.02. The van der Waals surface area contributed by atoms with Gasteiger partial charge >= 0.3 is 0 Å². The van der Waals surface area contributed by atoms with Gasteiger partial charge in [-0.1, -0.05) is 13.3 Å². The van der Waals surface area contributed by atoms with Gasteiger partial charge in [-0.3, -0.25) is 14.3 Å². The second kappa shape index (κ2) is 5.42.